The van der Waals surface area contributed by atoms with E-state index >= 15 is 0 Å². The summed E-state index contributed by atoms with van der Waals surface area (Å²) < 4.78 is 1.96. The minimum absolute atomic E-state index is 0.212. The number of aromatic nitrogens is 2. The molecular weight excluding hydrogens is 280 g/mol. The van der Waals surface area contributed by atoms with Crippen LogP contribution >= 0.6 is 11.3 Å². The molecule has 112 valence electrons. The van der Waals surface area contributed by atoms with E-state index < -0.39 is 0 Å². The van der Waals surface area contributed by atoms with Gasteiger partial charge in [-0.15, -0.1) is 11.3 Å². The van der Waals surface area contributed by atoms with E-state index in [1.54, 1.807) is 11.3 Å². The number of fused-ring (bicyclic) bond motifs is 1. The summed E-state index contributed by atoms with van der Waals surface area (Å²) in [7, 11) is 0. The topological polar surface area (TPSA) is 34.9 Å². The number of nitrogens with zero attached hydrogens (tertiary/aromatic N) is 2. The lowest BCUT2D eigenvalue weighted by atomic mass is 9.99. The van der Waals surface area contributed by atoms with Gasteiger partial charge in [-0.2, -0.15) is 5.10 Å². The fourth-order valence-electron chi connectivity index (χ4n) is 2.78. The van der Waals surface area contributed by atoms with Crippen molar-refractivity contribution in [1.82, 2.24) is 9.78 Å². The van der Waals surface area contributed by atoms with Crippen molar-refractivity contribution in [2.24, 2.45) is 0 Å². The molecule has 1 aliphatic carbocycles. The molecule has 2 heterocycles. The number of hydrogen-bond donors (Lipinski definition) is 0. The second kappa shape index (κ2) is 6.14. The van der Waals surface area contributed by atoms with Crippen LogP contribution < -0.4 is 0 Å². The summed E-state index contributed by atoms with van der Waals surface area (Å²) in [4.78, 5) is 14.8. The average Bonchev–Trinajstić information content (AvgIpc) is 3.12. The maximum atomic E-state index is 12.4. The molecule has 1 aliphatic rings. The Bertz CT molecular complexity index is 618. The van der Waals surface area contributed by atoms with Crippen molar-refractivity contribution < 1.29 is 4.79 Å². The Balaban J connectivity index is 1.71. The van der Waals surface area contributed by atoms with Gasteiger partial charge in [0.2, 0.25) is 0 Å². The normalized spacial score (nSPS) is 15.7. The van der Waals surface area contributed by atoms with Crippen LogP contribution in [0.3, 0.4) is 0 Å². The molecule has 0 aliphatic heterocycles. The van der Waals surface area contributed by atoms with Crippen molar-refractivity contribution in [1.29, 1.82) is 0 Å². The number of rotatable bonds is 5. The van der Waals surface area contributed by atoms with E-state index in [9.17, 15) is 4.79 Å². The molecule has 3 nitrogen and oxygen atoms in total. The highest BCUT2D eigenvalue weighted by atomic mass is 32.1. The van der Waals surface area contributed by atoms with Crippen LogP contribution in [0.25, 0.3) is 0 Å². The average molecular weight is 302 g/mol. The minimum Gasteiger partial charge on any atom is -0.293 e. The molecule has 0 radical (unpaired) electrons. The number of carbonyl (C=O) groups is 1. The van der Waals surface area contributed by atoms with Crippen LogP contribution in [0.1, 0.15) is 65.0 Å². The van der Waals surface area contributed by atoms with Crippen LogP contribution in [0, 0.1) is 0 Å². The van der Waals surface area contributed by atoms with Gasteiger partial charge >= 0.3 is 0 Å². The van der Waals surface area contributed by atoms with E-state index in [4.69, 9.17) is 0 Å². The zero-order valence-corrected chi connectivity index (χ0v) is 13.6. The molecule has 0 saturated heterocycles. The third-order valence-electron chi connectivity index (χ3n) is 4.32. The lowest BCUT2D eigenvalue weighted by molar-refractivity contribution is 0.0995. The van der Waals surface area contributed by atoms with Crippen molar-refractivity contribution in [2.45, 2.75) is 58.4 Å². The van der Waals surface area contributed by atoms with Crippen LogP contribution in [0.2, 0.25) is 0 Å². The first kappa shape index (κ1) is 14.5. The van der Waals surface area contributed by atoms with Gasteiger partial charge in [-0.3, -0.25) is 9.48 Å². The van der Waals surface area contributed by atoms with Gasteiger partial charge in [0.05, 0.1) is 17.0 Å². The first-order chi connectivity index (χ1) is 10.2. The Kier molecular flexibility index (Phi) is 4.24. The molecular formula is C17H22N2OS. The zero-order valence-electron chi connectivity index (χ0n) is 12.8. The van der Waals surface area contributed by atoms with Gasteiger partial charge in [0.25, 0.3) is 0 Å². The maximum Gasteiger partial charge on any atom is 0.178 e. The number of Topliss-reactive ketones (excluding diaryl/α,β-unsaturated/α-hetero) is 1. The number of hydrogen-bond acceptors (Lipinski definition) is 3. The first-order valence-corrected chi connectivity index (χ1v) is 8.68. The Labute approximate surface area is 130 Å². The third kappa shape index (κ3) is 3.10. The molecule has 0 N–H and O–H groups in total. The van der Waals surface area contributed by atoms with Crippen molar-refractivity contribution in [3.63, 3.8) is 0 Å². The number of thiophene rings is 1. The molecule has 0 saturated carbocycles. The molecule has 4 heteroatoms. The second-order valence-corrected chi connectivity index (χ2v) is 7.05. The Morgan fingerprint density at radius 1 is 1.43 bits per heavy atom. The fraction of sp³-hybridized carbons (Fsp3) is 0.529. The standard InChI is InChI=1S/C17H22N2OS/c1-3-12(2)19-9-8-14(18-19)11-15(20)17-10-13-6-4-5-7-16(13)21-17/h8-10,12H,3-7,11H2,1-2H3. The predicted octanol–water partition coefficient (Wildman–Crippen LogP) is 4.22. The van der Waals surface area contributed by atoms with Crippen molar-refractivity contribution in [2.75, 3.05) is 0 Å². The van der Waals surface area contributed by atoms with E-state index in [-0.39, 0.29) is 5.78 Å². The van der Waals surface area contributed by atoms with Crippen LogP contribution in [0.5, 0.6) is 0 Å². The Morgan fingerprint density at radius 3 is 3.00 bits per heavy atom. The summed E-state index contributed by atoms with van der Waals surface area (Å²) in [5.74, 6) is 0.212. The van der Waals surface area contributed by atoms with Gasteiger partial charge < -0.3 is 0 Å². The molecule has 0 spiro atoms. The van der Waals surface area contributed by atoms with Crippen molar-refractivity contribution >= 4 is 17.1 Å². The highest BCUT2D eigenvalue weighted by Gasteiger charge is 2.18. The molecule has 0 aromatic carbocycles. The summed E-state index contributed by atoms with van der Waals surface area (Å²) in [6, 6.07) is 4.48. The van der Waals surface area contributed by atoms with Crippen LogP contribution in [0.15, 0.2) is 18.3 Å². The number of aryl methyl sites for hydroxylation is 2. The zero-order chi connectivity index (χ0) is 14.8. The van der Waals surface area contributed by atoms with Gasteiger partial charge in [0, 0.05) is 17.1 Å². The van der Waals surface area contributed by atoms with Crippen molar-refractivity contribution in [3.8, 4) is 0 Å². The van der Waals surface area contributed by atoms with Gasteiger partial charge in [-0.05, 0) is 56.7 Å². The molecule has 3 rings (SSSR count). The largest absolute Gasteiger partial charge is 0.293 e. The molecule has 2 aromatic heterocycles. The Morgan fingerprint density at radius 2 is 2.24 bits per heavy atom. The maximum absolute atomic E-state index is 12.4. The molecule has 2 aromatic rings. The quantitative estimate of drug-likeness (QED) is 0.775. The monoisotopic (exact) mass is 302 g/mol. The lowest BCUT2D eigenvalue weighted by Gasteiger charge is -2.08. The van der Waals surface area contributed by atoms with Gasteiger partial charge in [0.1, 0.15) is 0 Å². The summed E-state index contributed by atoms with van der Waals surface area (Å²) in [5, 5.41) is 4.53. The molecule has 1 atom stereocenters. The van der Waals surface area contributed by atoms with Crippen LogP contribution in [0.4, 0.5) is 0 Å². The molecule has 21 heavy (non-hydrogen) atoms. The van der Waals surface area contributed by atoms with Gasteiger partial charge in [-0.1, -0.05) is 6.92 Å². The number of carbonyl (C=O) groups excluding carboxylic acids is 1. The van der Waals surface area contributed by atoms with E-state index in [0.717, 1.165) is 29.8 Å². The fourth-order valence-corrected chi connectivity index (χ4v) is 3.98. The third-order valence-corrected chi connectivity index (χ3v) is 5.60. The highest BCUT2D eigenvalue weighted by molar-refractivity contribution is 7.14. The highest BCUT2D eigenvalue weighted by Crippen LogP contribution is 2.30. The summed E-state index contributed by atoms with van der Waals surface area (Å²) >= 11 is 1.70. The SMILES string of the molecule is CCC(C)n1ccc(CC(=O)c2cc3c(s2)CCCC3)n1. The second-order valence-electron chi connectivity index (χ2n) is 5.91. The first-order valence-electron chi connectivity index (χ1n) is 7.86. The summed E-state index contributed by atoms with van der Waals surface area (Å²) in [6.07, 6.45) is 8.26. The predicted molar refractivity (Wildman–Crippen MR) is 86.2 cm³/mol. The van der Waals surface area contributed by atoms with E-state index in [1.165, 1.54) is 23.3 Å². The number of ketones is 1. The van der Waals surface area contributed by atoms with Crippen LogP contribution in [-0.2, 0) is 19.3 Å². The van der Waals surface area contributed by atoms with Gasteiger partial charge in [0.15, 0.2) is 5.78 Å². The molecule has 0 fully saturated rings. The van der Waals surface area contributed by atoms with Crippen molar-refractivity contribution in [3.05, 3.63) is 39.3 Å². The molecule has 0 bridgehead atoms. The molecule has 0 amide bonds. The summed E-state index contributed by atoms with van der Waals surface area (Å²) in [6.45, 7) is 4.29. The van der Waals surface area contributed by atoms with E-state index in [1.807, 2.05) is 16.9 Å². The van der Waals surface area contributed by atoms with Crippen LogP contribution in [-0.4, -0.2) is 15.6 Å². The smallest absolute Gasteiger partial charge is 0.178 e. The van der Waals surface area contributed by atoms with E-state index in [0.29, 0.717) is 12.5 Å². The summed E-state index contributed by atoms with van der Waals surface area (Å²) in [5.41, 5.74) is 2.28. The Hall–Kier alpha value is -1.42. The minimum atomic E-state index is 0.212. The lowest BCUT2D eigenvalue weighted by Crippen LogP contribution is -2.07. The van der Waals surface area contributed by atoms with E-state index in [2.05, 4.69) is 25.0 Å². The molecule has 1 unspecified atom stereocenters. The van der Waals surface area contributed by atoms with Gasteiger partial charge in [-0.25, -0.2) is 0 Å².